The summed E-state index contributed by atoms with van der Waals surface area (Å²) in [7, 11) is -3.44. The van der Waals surface area contributed by atoms with Crippen LogP contribution in [0.2, 0.25) is 0 Å². The summed E-state index contributed by atoms with van der Waals surface area (Å²) in [5, 5.41) is 14.2. The molecule has 0 amide bonds. The maximum atomic E-state index is 13.0. The number of nitrogens with zero attached hydrogens (tertiary/aromatic N) is 3. The molecule has 0 fully saturated rings. The van der Waals surface area contributed by atoms with Gasteiger partial charge in [0.05, 0.1) is 41.1 Å². The Morgan fingerprint density at radius 2 is 1.84 bits per heavy atom. The minimum atomic E-state index is -3.44. The van der Waals surface area contributed by atoms with Gasteiger partial charge in [-0.3, -0.25) is 9.52 Å². The Hall–Kier alpha value is -5.20. The highest BCUT2D eigenvalue weighted by molar-refractivity contribution is 7.92. The summed E-state index contributed by atoms with van der Waals surface area (Å²) < 4.78 is 28.0. The standard InChI is InChI=1S/C31H29N7O4S/c1-19-15-22(38-14-13-32-18-38)16-26-29(19)36-30(35-26)28-25(11-12-33-31(28)40)34-17-27(39)21-9-7-20(8-10-21)23-5-3-4-6-24(23)37-43(2,41)42/h3-16,18,27,37,39H,17H2,1-2H3,(H,35,36)(H2,33,34,40). The molecular formula is C31H29N7O4S. The van der Waals surface area contributed by atoms with Crippen LogP contribution in [0.5, 0.6) is 0 Å². The van der Waals surface area contributed by atoms with Gasteiger partial charge in [-0.25, -0.2) is 18.4 Å². The Bertz CT molecular complexity index is 2080. The predicted octanol–water partition coefficient (Wildman–Crippen LogP) is 4.60. The number of aryl methyl sites for hydroxylation is 1. The lowest BCUT2D eigenvalue weighted by Gasteiger charge is -2.16. The Kier molecular flexibility index (Phi) is 7.30. The van der Waals surface area contributed by atoms with Crippen molar-refractivity contribution in [1.82, 2.24) is 24.5 Å². The number of hydrogen-bond acceptors (Lipinski definition) is 7. The van der Waals surface area contributed by atoms with Gasteiger partial charge in [-0.1, -0.05) is 42.5 Å². The normalized spacial score (nSPS) is 12.3. The van der Waals surface area contributed by atoms with E-state index >= 15 is 0 Å². The van der Waals surface area contributed by atoms with Gasteiger partial charge >= 0.3 is 0 Å². The molecule has 11 nitrogen and oxygen atoms in total. The van der Waals surface area contributed by atoms with Crippen molar-refractivity contribution in [3.63, 3.8) is 0 Å². The summed E-state index contributed by atoms with van der Waals surface area (Å²) in [6, 6.07) is 20.0. The zero-order valence-electron chi connectivity index (χ0n) is 23.4. The molecule has 0 aliphatic carbocycles. The minimum Gasteiger partial charge on any atom is -0.387 e. The first-order chi connectivity index (χ1) is 20.7. The van der Waals surface area contributed by atoms with Gasteiger partial charge in [-0.05, 0) is 47.9 Å². The van der Waals surface area contributed by atoms with E-state index in [1.165, 1.54) is 0 Å². The number of sulfonamides is 1. The molecule has 12 heteroatoms. The van der Waals surface area contributed by atoms with E-state index in [0.717, 1.165) is 39.7 Å². The third kappa shape index (κ3) is 5.92. The number of fused-ring (bicyclic) bond motifs is 1. The summed E-state index contributed by atoms with van der Waals surface area (Å²) in [5.41, 5.74) is 6.57. The highest BCUT2D eigenvalue weighted by Gasteiger charge is 2.18. The Morgan fingerprint density at radius 1 is 1.05 bits per heavy atom. The maximum Gasteiger partial charge on any atom is 0.261 e. The van der Waals surface area contributed by atoms with E-state index in [-0.39, 0.29) is 12.1 Å². The molecule has 1 atom stereocenters. The number of nitrogens with one attached hydrogen (secondary N) is 4. The number of para-hydroxylation sites is 1. The van der Waals surface area contributed by atoms with E-state index in [9.17, 15) is 18.3 Å². The zero-order chi connectivity index (χ0) is 30.1. The van der Waals surface area contributed by atoms with Gasteiger partial charge in [0.25, 0.3) is 5.56 Å². The van der Waals surface area contributed by atoms with Gasteiger partial charge in [0.2, 0.25) is 10.0 Å². The van der Waals surface area contributed by atoms with E-state index in [2.05, 4.69) is 25.0 Å². The lowest BCUT2D eigenvalue weighted by molar-refractivity contribution is 0.191. The van der Waals surface area contributed by atoms with Crippen molar-refractivity contribution in [2.24, 2.45) is 0 Å². The summed E-state index contributed by atoms with van der Waals surface area (Å²) >= 11 is 0. The van der Waals surface area contributed by atoms with Crippen LogP contribution in [0.25, 0.3) is 39.2 Å². The molecule has 0 radical (unpaired) electrons. The van der Waals surface area contributed by atoms with Gasteiger partial charge in [0.1, 0.15) is 11.4 Å². The van der Waals surface area contributed by atoms with E-state index in [0.29, 0.717) is 28.3 Å². The molecule has 0 aliphatic heterocycles. The summed E-state index contributed by atoms with van der Waals surface area (Å²) in [5.74, 6) is 0.408. The topological polar surface area (TPSA) is 158 Å². The van der Waals surface area contributed by atoms with Crippen molar-refractivity contribution in [2.45, 2.75) is 13.0 Å². The quantitative estimate of drug-likeness (QED) is 0.163. The van der Waals surface area contributed by atoms with Crippen molar-refractivity contribution < 1.29 is 13.5 Å². The lowest BCUT2D eigenvalue weighted by Crippen LogP contribution is -2.17. The second-order valence-corrected chi connectivity index (χ2v) is 12.0. The zero-order valence-corrected chi connectivity index (χ0v) is 24.2. The monoisotopic (exact) mass is 595 g/mol. The van der Waals surface area contributed by atoms with Gasteiger partial charge in [-0.2, -0.15) is 0 Å². The average Bonchev–Trinajstić information content (AvgIpc) is 3.66. The number of benzene rings is 3. The van der Waals surface area contributed by atoms with Crippen LogP contribution in [0, 0.1) is 6.92 Å². The van der Waals surface area contributed by atoms with E-state index in [4.69, 9.17) is 4.98 Å². The third-order valence-corrected chi connectivity index (χ3v) is 7.67. The smallest absolute Gasteiger partial charge is 0.261 e. The molecule has 0 bridgehead atoms. The highest BCUT2D eigenvalue weighted by atomic mass is 32.2. The van der Waals surface area contributed by atoms with Crippen LogP contribution >= 0.6 is 0 Å². The third-order valence-electron chi connectivity index (χ3n) is 7.08. The molecule has 5 N–H and O–H groups in total. The molecule has 3 aromatic heterocycles. The molecule has 0 saturated heterocycles. The second kappa shape index (κ2) is 11.2. The lowest BCUT2D eigenvalue weighted by atomic mass is 10.0. The molecule has 3 aromatic carbocycles. The number of aromatic amines is 2. The van der Waals surface area contributed by atoms with Gasteiger partial charge in [-0.15, -0.1) is 0 Å². The van der Waals surface area contributed by atoms with E-state index in [1.54, 1.807) is 49.1 Å². The fourth-order valence-corrected chi connectivity index (χ4v) is 5.62. The second-order valence-electron chi connectivity index (χ2n) is 10.2. The predicted molar refractivity (Wildman–Crippen MR) is 168 cm³/mol. The van der Waals surface area contributed by atoms with Crippen molar-refractivity contribution >= 4 is 32.4 Å². The number of aliphatic hydroxyl groups excluding tert-OH is 1. The Balaban J connectivity index is 1.23. The first-order valence-corrected chi connectivity index (χ1v) is 15.4. The molecule has 0 spiro atoms. The molecule has 3 heterocycles. The molecule has 6 aromatic rings. The number of aliphatic hydroxyl groups is 1. The summed E-state index contributed by atoms with van der Waals surface area (Å²) in [6.07, 6.45) is 7.05. The first-order valence-electron chi connectivity index (χ1n) is 13.5. The maximum absolute atomic E-state index is 13.0. The van der Waals surface area contributed by atoms with Crippen LogP contribution in [0.4, 0.5) is 11.4 Å². The number of rotatable bonds is 9. The van der Waals surface area contributed by atoms with E-state index in [1.807, 2.05) is 54.1 Å². The SMILES string of the molecule is Cc1cc(-n2ccnc2)cc2[nH]c(-c3c(NCC(O)c4ccc(-c5ccccc5NS(C)(=O)=O)cc4)cc[nH]c3=O)nc12. The average molecular weight is 596 g/mol. The molecular weight excluding hydrogens is 566 g/mol. The molecule has 43 heavy (non-hydrogen) atoms. The van der Waals surface area contributed by atoms with Crippen LogP contribution < -0.4 is 15.6 Å². The van der Waals surface area contributed by atoms with Crippen molar-refractivity contribution in [3.8, 4) is 28.2 Å². The minimum absolute atomic E-state index is 0.131. The molecule has 0 aliphatic rings. The van der Waals surface area contributed by atoms with Crippen LogP contribution in [0.3, 0.4) is 0 Å². The van der Waals surface area contributed by atoms with Gasteiger partial charge < -0.3 is 25.0 Å². The number of H-pyrrole nitrogens is 2. The number of imidazole rings is 2. The number of pyridine rings is 1. The van der Waals surface area contributed by atoms with Crippen molar-refractivity contribution in [3.05, 3.63) is 113 Å². The van der Waals surface area contributed by atoms with Crippen LogP contribution in [0.1, 0.15) is 17.2 Å². The van der Waals surface area contributed by atoms with Gasteiger partial charge in [0.15, 0.2) is 0 Å². The molecule has 218 valence electrons. The molecule has 1 unspecified atom stereocenters. The molecule has 6 rings (SSSR count). The highest BCUT2D eigenvalue weighted by Crippen LogP contribution is 2.31. The Labute approximate surface area is 247 Å². The summed E-state index contributed by atoms with van der Waals surface area (Å²) in [4.78, 5) is 27.8. The van der Waals surface area contributed by atoms with Crippen molar-refractivity contribution in [2.75, 3.05) is 22.8 Å². The largest absolute Gasteiger partial charge is 0.387 e. The fourth-order valence-electron chi connectivity index (χ4n) is 5.04. The number of aromatic nitrogens is 5. The number of hydrogen-bond donors (Lipinski definition) is 5. The van der Waals surface area contributed by atoms with Gasteiger partial charge in [0, 0.05) is 36.4 Å². The fraction of sp³-hybridized carbons (Fsp3) is 0.129. The van der Waals surface area contributed by atoms with Crippen LogP contribution in [0.15, 0.2) is 96.4 Å². The first kappa shape index (κ1) is 27.9. The molecule has 0 saturated carbocycles. The van der Waals surface area contributed by atoms with Crippen LogP contribution in [-0.4, -0.2) is 50.8 Å². The summed E-state index contributed by atoms with van der Waals surface area (Å²) in [6.45, 7) is 2.09. The van der Waals surface area contributed by atoms with Crippen LogP contribution in [-0.2, 0) is 10.0 Å². The number of anilines is 2. The van der Waals surface area contributed by atoms with E-state index < -0.39 is 16.1 Å². The Morgan fingerprint density at radius 3 is 2.58 bits per heavy atom. The van der Waals surface area contributed by atoms with Crippen molar-refractivity contribution in [1.29, 1.82) is 0 Å².